The maximum atomic E-state index is 13.6. The maximum Gasteiger partial charge on any atom is 0.255 e. The Morgan fingerprint density at radius 2 is 1.97 bits per heavy atom. The predicted octanol–water partition coefficient (Wildman–Crippen LogP) is 4.51. The molecule has 0 fully saturated rings. The molecule has 0 radical (unpaired) electrons. The highest BCUT2D eigenvalue weighted by molar-refractivity contribution is 7.14. The number of hydrogen-bond donors (Lipinski definition) is 2. The first-order chi connectivity index (χ1) is 15.5. The lowest BCUT2D eigenvalue weighted by molar-refractivity contribution is -0.116. The lowest BCUT2D eigenvalue weighted by atomic mass is 10.1. The van der Waals surface area contributed by atoms with Crippen molar-refractivity contribution in [2.24, 2.45) is 0 Å². The lowest BCUT2D eigenvalue weighted by Gasteiger charge is -2.10. The molecule has 3 rings (SSSR count). The van der Waals surface area contributed by atoms with Crippen molar-refractivity contribution in [1.29, 1.82) is 0 Å². The Morgan fingerprint density at radius 3 is 2.75 bits per heavy atom. The van der Waals surface area contributed by atoms with Crippen molar-refractivity contribution in [3.8, 4) is 22.8 Å². The molecule has 2 N–H and O–H groups in total. The summed E-state index contributed by atoms with van der Waals surface area (Å²) in [5, 5.41) is 7.66. The zero-order valence-electron chi connectivity index (χ0n) is 17.8. The van der Waals surface area contributed by atoms with E-state index in [1.807, 2.05) is 6.92 Å². The van der Waals surface area contributed by atoms with Crippen LogP contribution in [0.2, 0.25) is 0 Å². The Morgan fingerprint density at radius 1 is 1.16 bits per heavy atom. The van der Waals surface area contributed by atoms with Crippen molar-refractivity contribution in [2.75, 3.05) is 25.6 Å². The predicted molar refractivity (Wildman–Crippen MR) is 122 cm³/mol. The molecule has 0 aliphatic carbocycles. The van der Waals surface area contributed by atoms with Crippen LogP contribution < -0.4 is 20.1 Å². The Kier molecular flexibility index (Phi) is 8.15. The first-order valence-corrected chi connectivity index (χ1v) is 11.0. The summed E-state index contributed by atoms with van der Waals surface area (Å²) in [6.45, 7) is 2.67. The fourth-order valence-electron chi connectivity index (χ4n) is 3.00. The molecule has 0 saturated carbocycles. The highest BCUT2D eigenvalue weighted by Gasteiger charge is 2.14. The van der Waals surface area contributed by atoms with Gasteiger partial charge in [0, 0.05) is 23.9 Å². The Balaban J connectivity index is 1.48. The maximum absolute atomic E-state index is 13.6. The number of anilines is 1. The number of nitrogens with zero attached hydrogens (tertiary/aromatic N) is 1. The summed E-state index contributed by atoms with van der Waals surface area (Å²) in [6, 6.07) is 11.2. The molecule has 168 valence electrons. The van der Waals surface area contributed by atoms with Crippen molar-refractivity contribution in [1.82, 2.24) is 10.3 Å². The summed E-state index contributed by atoms with van der Waals surface area (Å²) in [6.07, 6.45) is 0.677. The standard InChI is InChI=1S/C23H24FN3O4S/c1-3-31-20-8-5-4-7-16(20)22(29)25-12-6-9-21(28)27-23-26-18(14-32-23)17-13-15(24)10-11-19(17)30-2/h4-5,7-8,10-11,13-14H,3,6,9,12H2,1-2H3,(H,25,29)(H,26,27,28). The minimum Gasteiger partial charge on any atom is -0.496 e. The number of rotatable bonds is 10. The number of nitrogens with one attached hydrogen (secondary N) is 2. The van der Waals surface area contributed by atoms with E-state index in [2.05, 4.69) is 15.6 Å². The van der Waals surface area contributed by atoms with Crippen LogP contribution in [0.5, 0.6) is 11.5 Å². The topological polar surface area (TPSA) is 89.5 Å². The Hall–Kier alpha value is -3.46. The fraction of sp³-hybridized carbons (Fsp3) is 0.261. The molecule has 1 aromatic heterocycles. The van der Waals surface area contributed by atoms with Gasteiger partial charge in [-0.1, -0.05) is 12.1 Å². The molecule has 0 saturated heterocycles. The van der Waals surface area contributed by atoms with Gasteiger partial charge in [0.1, 0.15) is 17.3 Å². The normalized spacial score (nSPS) is 10.5. The van der Waals surface area contributed by atoms with Gasteiger partial charge in [-0.25, -0.2) is 9.37 Å². The molecule has 2 aromatic carbocycles. The first-order valence-electron chi connectivity index (χ1n) is 10.1. The molecule has 9 heteroatoms. The van der Waals surface area contributed by atoms with Gasteiger partial charge in [-0.3, -0.25) is 9.59 Å². The molecule has 1 heterocycles. The van der Waals surface area contributed by atoms with E-state index in [-0.39, 0.29) is 18.2 Å². The molecule has 7 nitrogen and oxygen atoms in total. The second kappa shape index (κ2) is 11.2. The van der Waals surface area contributed by atoms with Crippen LogP contribution in [0.1, 0.15) is 30.1 Å². The van der Waals surface area contributed by atoms with Crippen LogP contribution in [0.4, 0.5) is 9.52 Å². The van der Waals surface area contributed by atoms with E-state index in [1.54, 1.807) is 29.6 Å². The minimum absolute atomic E-state index is 0.214. The highest BCUT2D eigenvalue weighted by atomic mass is 32.1. The number of halogens is 1. The summed E-state index contributed by atoms with van der Waals surface area (Å²) < 4.78 is 24.3. The van der Waals surface area contributed by atoms with Gasteiger partial charge in [-0.15, -0.1) is 11.3 Å². The minimum atomic E-state index is -0.398. The van der Waals surface area contributed by atoms with Crippen LogP contribution in [0.25, 0.3) is 11.3 Å². The zero-order valence-corrected chi connectivity index (χ0v) is 18.6. The van der Waals surface area contributed by atoms with Gasteiger partial charge in [0.2, 0.25) is 5.91 Å². The van der Waals surface area contributed by atoms with Gasteiger partial charge in [0.15, 0.2) is 5.13 Å². The average molecular weight is 458 g/mol. The zero-order chi connectivity index (χ0) is 22.9. The van der Waals surface area contributed by atoms with E-state index in [0.29, 0.717) is 53.0 Å². The molecule has 2 amide bonds. The molecule has 0 atom stereocenters. The molecule has 0 bridgehead atoms. The van der Waals surface area contributed by atoms with Crippen molar-refractivity contribution < 1.29 is 23.5 Å². The lowest BCUT2D eigenvalue weighted by Crippen LogP contribution is -2.26. The van der Waals surface area contributed by atoms with Crippen LogP contribution in [-0.4, -0.2) is 37.1 Å². The largest absolute Gasteiger partial charge is 0.496 e. The molecule has 0 aliphatic rings. The van der Waals surface area contributed by atoms with Crippen LogP contribution in [0.3, 0.4) is 0 Å². The summed E-state index contributed by atoms with van der Waals surface area (Å²) in [5.41, 5.74) is 1.49. The van der Waals surface area contributed by atoms with Crippen molar-refractivity contribution in [2.45, 2.75) is 19.8 Å². The second-order valence-corrected chi connectivity index (χ2v) is 7.58. The van der Waals surface area contributed by atoms with Crippen molar-refractivity contribution >= 4 is 28.3 Å². The Labute approximate surface area is 189 Å². The third kappa shape index (κ3) is 6.04. The van der Waals surface area contributed by atoms with Crippen LogP contribution in [-0.2, 0) is 4.79 Å². The van der Waals surface area contributed by atoms with Gasteiger partial charge < -0.3 is 20.1 Å². The van der Waals surface area contributed by atoms with Gasteiger partial charge in [0.25, 0.3) is 5.91 Å². The van der Waals surface area contributed by atoms with E-state index < -0.39 is 5.82 Å². The number of carbonyl (C=O) groups is 2. The second-order valence-electron chi connectivity index (χ2n) is 6.72. The highest BCUT2D eigenvalue weighted by Crippen LogP contribution is 2.32. The number of benzene rings is 2. The van der Waals surface area contributed by atoms with Crippen LogP contribution >= 0.6 is 11.3 Å². The van der Waals surface area contributed by atoms with Gasteiger partial charge >= 0.3 is 0 Å². The van der Waals surface area contributed by atoms with Crippen molar-refractivity contribution in [3.63, 3.8) is 0 Å². The third-order valence-electron chi connectivity index (χ3n) is 4.49. The summed E-state index contributed by atoms with van der Waals surface area (Å²) in [4.78, 5) is 28.9. The number of amides is 2. The molecular weight excluding hydrogens is 433 g/mol. The molecular formula is C23H24FN3O4S. The first kappa shape index (κ1) is 23.2. The molecule has 32 heavy (non-hydrogen) atoms. The molecule has 0 spiro atoms. The number of hydrogen-bond acceptors (Lipinski definition) is 6. The Bertz CT molecular complexity index is 1090. The number of thiazole rings is 1. The number of aromatic nitrogens is 1. The van der Waals surface area contributed by atoms with E-state index in [4.69, 9.17) is 9.47 Å². The average Bonchev–Trinajstić information content (AvgIpc) is 3.25. The van der Waals surface area contributed by atoms with E-state index in [1.165, 1.54) is 36.6 Å². The summed E-state index contributed by atoms with van der Waals surface area (Å²) >= 11 is 1.24. The smallest absolute Gasteiger partial charge is 0.255 e. The molecule has 3 aromatic rings. The van der Waals surface area contributed by atoms with Crippen molar-refractivity contribution in [3.05, 3.63) is 59.2 Å². The monoisotopic (exact) mass is 457 g/mol. The summed E-state index contributed by atoms with van der Waals surface area (Å²) in [5.74, 6) is 0.158. The van der Waals surface area contributed by atoms with Crippen LogP contribution in [0.15, 0.2) is 47.8 Å². The molecule has 0 unspecified atom stereocenters. The number of para-hydroxylation sites is 1. The van der Waals surface area contributed by atoms with Crippen LogP contribution in [0, 0.1) is 5.82 Å². The summed E-state index contributed by atoms with van der Waals surface area (Å²) in [7, 11) is 1.50. The molecule has 0 aliphatic heterocycles. The third-order valence-corrected chi connectivity index (χ3v) is 5.24. The fourth-order valence-corrected chi connectivity index (χ4v) is 3.73. The van der Waals surface area contributed by atoms with E-state index in [9.17, 15) is 14.0 Å². The number of carbonyl (C=O) groups excluding carboxylic acids is 2. The van der Waals surface area contributed by atoms with E-state index >= 15 is 0 Å². The quantitative estimate of drug-likeness (QED) is 0.438. The van der Waals surface area contributed by atoms with Gasteiger partial charge in [0.05, 0.1) is 25.0 Å². The number of methoxy groups -OCH3 is 1. The van der Waals surface area contributed by atoms with Gasteiger partial charge in [-0.05, 0) is 43.7 Å². The number of ether oxygens (including phenoxy) is 2. The van der Waals surface area contributed by atoms with E-state index in [0.717, 1.165) is 0 Å². The SMILES string of the molecule is CCOc1ccccc1C(=O)NCCCC(=O)Nc1nc(-c2cc(F)ccc2OC)cs1. The van der Waals surface area contributed by atoms with Gasteiger partial charge in [-0.2, -0.15) is 0 Å².